The van der Waals surface area contributed by atoms with Gasteiger partial charge in [-0.3, -0.25) is 0 Å². The van der Waals surface area contributed by atoms with Crippen LogP contribution in [0, 0.1) is 6.92 Å². The molecule has 1 aromatic rings. The molecule has 0 unspecified atom stereocenters. The fourth-order valence-corrected chi connectivity index (χ4v) is 2.38. The van der Waals surface area contributed by atoms with Gasteiger partial charge in [-0.05, 0) is 18.6 Å². The minimum atomic E-state index is 0.843. The van der Waals surface area contributed by atoms with E-state index in [1.54, 1.807) is 0 Å². The van der Waals surface area contributed by atoms with Crippen LogP contribution in [0.15, 0.2) is 18.2 Å². The molecule has 3 heteroatoms. The summed E-state index contributed by atoms with van der Waals surface area (Å²) in [6.07, 6.45) is 0. The summed E-state index contributed by atoms with van der Waals surface area (Å²) in [7, 11) is 0. The lowest BCUT2D eigenvalue weighted by Gasteiger charge is -2.30. The molecule has 1 aromatic carbocycles. The number of morpholine rings is 1. The molecule has 1 aliphatic heterocycles. The summed E-state index contributed by atoms with van der Waals surface area (Å²) in [5, 5.41) is 0.918. The minimum Gasteiger partial charge on any atom is -0.378 e. The maximum absolute atomic E-state index is 5.37. The van der Waals surface area contributed by atoms with Crippen LogP contribution in [0.2, 0.25) is 0 Å². The molecule has 0 saturated carbocycles. The van der Waals surface area contributed by atoms with Gasteiger partial charge >= 0.3 is 0 Å². The van der Waals surface area contributed by atoms with Crippen LogP contribution < -0.4 is 4.90 Å². The second-order valence-corrected chi connectivity index (χ2v) is 4.43. The molecule has 1 heterocycles. The molecule has 0 aromatic heterocycles. The molecule has 0 atom stereocenters. The Kier molecular flexibility index (Phi) is 3.65. The Morgan fingerprint density at radius 1 is 1.33 bits per heavy atom. The van der Waals surface area contributed by atoms with E-state index in [9.17, 15) is 0 Å². The van der Waals surface area contributed by atoms with Gasteiger partial charge in [0.2, 0.25) is 0 Å². The third-order valence-corrected chi connectivity index (χ3v) is 3.33. The highest BCUT2D eigenvalue weighted by Gasteiger charge is 2.13. The Balaban J connectivity index is 2.25. The SMILES string of the molecule is Cc1ccc(N2CCOCC2)c(CBr)c1. The van der Waals surface area contributed by atoms with Crippen LogP contribution in [0.3, 0.4) is 0 Å². The molecule has 2 rings (SSSR count). The summed E-state index contributed by atoms with van der Waals surface area (Å²) in [6, 6.07) is 6.65. The van der Waals surface area contributed by atoms with E-state index in [-0.39, 0.29) is 0 Å². The number of anilines is 1. The predicted octanol–water partition coefficient (Wildman–Crippen LogP) is 2.73. The Morgan fingerprint density at radius 2 is 2.07 bits per heavy atom. The summed E-state index contributed by atoms with van der Waals surface area (Å²) < 4.78 is 5.37. The first-order chi connectivity index (χ1) is 7.31. The molecular formula is C12H16BrNO. The molecule has 0 radical (unpaired) electrons. The molecule has 82 valence electrons. The van der Waals surface area contributed by atoms with Gasteiger partial charge < -0.3 is 9.64 Å². The van der Waals surface area contributed by atoms with Crippen molar-refractivity contribution >= 4 is 21.6 Å². The number of halogens is 1. The lowest BCUT2D eigenvalue weighted by Crippen LogP contribution is -2.36. The van der Waals surface area contributed by atoms with E-state index in [0.717, 1.165) is 31.6 Å². The molecule has 15 heavy (non-hydrogen) atoms. The fraction of sp³-hybridized carbons (Fsp3) is 0.500. The van der Waals surface area contributed by atoms with Crippen LogP contribution in [-0.4, -0.2) is 26.3 Å². The first-order valence-electron chi connectivity index (χ1n) is 5.29. The summed E-state index contributed by atoms with van der Waals surface area (Å²) in [5.41, 5.74) is 4.04. The molecular weight excluding hydrogens is 254 g/mol. The zero-order valence-electron chi connectivity index (χ0n) is 9.00. The van der Waals surface area contributed by atoms with Gasteiger partial charge in [-0.25, -0.2) is 0 Å². The molecule has 1 fully saturated rings. The number of alkyl halides is 1. The van der Waals surface area contributed by atoms with Crippen LogP contribution in [0.5, 0.6) is 0 Å². The Hall–Kier alpha value is -0.540. The number of ether oxygens (including phenoxy) is 1. The third-order valence-electron chi connectivity index (χ3n) is 2.73. The third kappa shape index (κ3) is 2.52. The summed E-state index contributed by atoms with van der Waals surface area (Å²) in [5.74, 6) is 0. The van der Waals surface area contributed by atoms with E-state index < -0.39 is 0 Å². The lowest BCUT2D eigenvalue weighted by atomic mass is 10.1. The van der Waals surface area contributed by atoms with E-state index >= 15 is 0 Å². The van der Waals surface area contributed by atoms with Crippen LogP contribution in [0.4, 0.5) is 5.69 Å². The van der Waals surface area contributed by atoms with Gasteiger partial charge in [-0.15, -0.1) is 0 Å². The highest BCUT2D eigenvalue weighted by molar-refractivity contribution is 9.08. The standard InChI is InChI=1S/C12H16BrNO/c1-10-2-3-12(11(8-10)9-13)14-4-6-15-7-5-14/h2-3,8H,4-7,9H2,1H3. The van der Waals surface area contributed by atoms with Crippen molar-refractivity contribution in [3.63, 3.8) is 0 Å². The van der Waals surface area contributed by atoms with Gasteiger partial charge in [-0.1, -0.05) is 33.6 Å². The van der Waals surface area contributed by atoms with E-state index in [1.165, 1.54) is 16.8 Å². The average molecular weight is 270 g/mol. The van der Waals surface area contributed by atoms with E-state index in [4.69, 9.17) is 4.74 Å². The van der Waals surface area contributed by atoms with Crippen molar-refractivity contribution in [1.29, 1.82) is 0 Å². The normalized spacial score (nSPS) is 16.8. The number of rotatable bonds is 2. The Morgan fingerprint density at radius 3 is 2.73 bits per heavy atom. The van der Waals surface area contributed by atoms with Gasteiger partial charge in [0.1, 0.15) is 0 Å². The fourth-order valence-electron chi connectivity index (χ4n) is 1.93. The second kappa shape index (κ2) is 4.99. The van der Waals surface area contributed by atoms with Crippen LogP contribution in [-0.2, 0) is 10.1 Å². The summed E-state index contributed by atoms with van der Waals surface area (Å²) in [6.45, 7) is 5.83. The zero-order valence-corrected chi connectivity index (χ0v) is 10.6. The maximum atomic E-state index is 5.37. The van der Waals surface area contributed by atoms with Crippen LogP contribution >= 0.6 is 15.9 Å². The topological polar surface area (TPSA) is 12.5 Å². The smallest absolute Gasteiger partial charge is 0.0642 e. The first kappa shape index (κ1) is 11.0. The number of hydrogen-bond acceptors (Lipinski definition) is 2. The van der Waals surface area contributed by atoms with Crippen molar-refractivity contribution in [3.8, 4) is 0 Å². The molecule has 1 aliphatic rings. The summed E-state index contributed by atoms with van der Waals surface area (Å²) >= 11 is 3.55. The van der Waals surface area contributed by atoms with Gasteiger partial charge in [0.15, 0.2) is 0 Å². The number of nitrogens with zero attached hydrogens (tertiary/aromatic N) is 1. The molecule has 0 bridgehead atoms. The number of hydrogen-bond donors (Lipinski definition) is 0. The second-order valence-electron chi connectivity index (χ2n) is 3.87. The predicted molar refractivity (Wildman–Crippen MR) is 66.8 cm³/mol. The van der Waals surface area contributed by atoms with E-state index in [2.05, 4.69) is 46.0 Å². The minimum absolute atomic E-state index is 0.843. The van der Waals surface area contributed by atoms with Crippen molar-refractivity contribution in [1.82, 2.24) is 0 Å². The van der Waals surface area contributed by atoms with Crippen molar-refractivity contribution < 1.29 is 4.74 Å². The van der Waals surface area contributed by atoms with E-state index in [1.807, 2.05) is 0 Å². The molecule has 2 nitrogen and oxygen atoms in total. The largest absolute Gasteiger partial charge is 0.378 e. The first-order valence-corrected chi connectivity index (χ1v) is 6.41. The van der Waals surface area contributed by atoms with Crippen molar-refractivity contribution in [2.45, 2.75) is 12.3 Å². The van der Waals surface area contributed by atoms with Gasteiger partial charge in [0.25, 0.3) is 0 Å². The highest BCUT2D eigenvalue weighted by Crippen LogP contribution is 2.24. The monoisotopic (exact) mass is 269 g/mol. The molecule has 0 aliphatic carbocycles. The Labute approximate surface area is 99.4 Å². The summed E-state index contributed by atoms with van der Waals surface area (Å²) in [4.78, 5) is 2.40. The van der Waals surface area contributed by atoms with Crippen LogP contribution in [0.1, 0.15) is 11.1 Å². The van der Waals surface area contributed by atoms with Crippen molar-refractivity contribution in [2.24, 2.45) is 0 Å². The number of benzene rings is 1. The molecule has 0 N–H and O–H groups in total. The molecule has 0 amide bonds. The van der Waals surface area contributed by atoms with Gasteiger partial charge in [-0.2, -0.15) is 0 Å². The van der Waals surface area contributed by atoms with Gasteiger partial charge in [0, 0.05) is 24.1 Å². The lowest BCUT2D eigenvalue weighted by molar-refractivity contribution is 0.122. The quantitative estimate of drug-likeness (QED) is 0.766. The average Bonchev–Trinajstić information content (AvgIpc) is 2.30. The maximum Gasteiger partial charge on any atom is 0.0642 e. The van der Waals surface area contributed by atoms with Crippen molar-refractivity contribution in [3.05, 3.63) is 29.3 Å². The Bertz CT molecular complexity index is 334. The molecule has 1 saturated heterocycles. The van der Waals surface area contributed by atoms with Crippen molar-refractivity contribution in [2.75, 3.05) is 31.2 Å². The number of aryl methyl sites for hydroxylation is 1. The van der Waals surface area contributed by atoms with Gasteiger partial charge in [0.05, 0.1) is 13.2 Å². The molecule has 0 spiro atoms. The zero-order chi connectivity index (χ0) is 10.7. The van der Waals surface area contributed by atoms with Crippen LogP contribution in [0.25, 0.3) is 0 Å². The highest BCUT2D eigenvalue weighted by atomic mass is 79.9. The van der Waals surface area contributed by atoms with E-state index in [0.29, 0.717) is 0 Å².